The number of rotatable bonds is 6. The summed E-state index contributed by atoms with van der Waals surface area (Å²) in [7, 11) is 0. The minimum absolute atomic E-state index is 0. The molecular weight excluding hydrogens is 475 g/mol. The number of hydrogen-bond acceptors (Lipinski definition) is 3. The van der Waals surface area contributed by atoms with Crippen molar-refractivity contribution in [3.63, 3.8) is 0 Å². The number of aryl methyl sites for hydroxylation is 1. The van der Waals surface area contributed by atoms with E-state index < -0.39 is 0 Å². The molecule has 158 valence electrons. The summed E-state index contributed by atoms with van der Waals surface area (Å²) in [5.74, 6) is 4.72. The van der Waals surface area contributed by atoms with Gasteiger partial charge in [0.15, 0.2) is 11.8 Å². The summed E-state index contributed by atoms with van der Waals surface area (Å²) in [6, 6.07) is 11.2. The molecule has 2 heterocycles. The molecule has 1 aromatic carbocycles. The third kappa shape index (κ3) is 5.49. The number of guanidine groups is 1. The molecule has 1 fully saturated rings. The van der Waals surface area contributed by atoms with Crippen LogP contribution in [0.25, 0.3) is 0 Å². The Balaban J connectivity index is 0.00000240. The third-order valence-corrected chi connectivity index (χ3v) is 5.71. The second-order valence-electron chi connectivity index (χ2n) is 8.34. The maximum absolute atomic E-state index is 4.88. The number of nitrogens with zero attached hydrogens (tertiary/aromatic N) is 4. The summed E-state index contributed by atoms with van der Waals surface area (Å²) in [6.07, 6.45) is 3.28. The maximum atomic E-state index is 4.88. The van der Waals surface area contributed by atoms with Crippen LogP contribution in [-0.4, -0.2) is 39.9 Å². The van der Waals surface area contributed by atoms with E-state index in [9.17, 15) is 0 Å². The first-order valence-corrected chi connectivity index (χ1v) is 10.7. The Labute approximate surface area is 191 Å². The van der Waals surface area contributed by atoms with Crippen molar-refractivity contribution in [3.05, 3.63) is 47.5 Å². The number of hydrogen-bond donors (Lipinski definition) is 2. The van der Waals surface area contributed by atoms with Crippen LogP contribution >= 0.6 is 24.0 Å². The largest absolute Gasteiger partial charge is 0.357 e. The lowest BCUT2D eigenvalue weighted by Crippen LogP contribution is -2.47. The highest BCUT2D eigenvalue weighted by Gasteiger charge is 2.37. The first-order chi connectivity index (χ1) is 13.6. The van der Waals surface area contributed by atoms with E-state index in [-0.39, 0.29) is 24.0 Å². The van der Waals surface area contributed by atoms with Crippen molar-refractivity contribution in [1.82, 2.24) is 25.4 Å². The monoisotopic (exact) mass is 508 g/mol. The molecule has 3 unspecified atom stereocenters. The minimum Gasteiger partial charge on any atom is -0.357 e. The molecule has 2 aliphatic rings. The second kappa shape index (κ2) is 9.91. The van der Waals surface area contributed by atoms with Crippen LogP contribution in [0.5, 0.6) is 0 Å². The fourth-order valence-corrected chi connectivity index (χ4v) is 3.97. The predicted octanol–water partition coefficient (Wildman–Crippen LogP) is 3.69. The summed E-state index contributed by atoms with van der Waals surface area (Å²) < 4.78 is 2.08. The lowest BCUT2D eigenvalue weighted by Gasteiger charge is -2.25. The van der Waals surface area contributed by atoms with Crippen molar-refractivity contribution in [2.75, 3.05) is 13.1 Å². The zero-order chi connectivity index (χ0) is 19.5. The maximum Gasteiger partial charge on any atom is 0.191 e. The Hall–Kier alpha value is -1.64. The number of aromatic nitrogens is 3. The van der Waals surface area contributed by atoms with E-state index in [0.717, 1.165) is 50.1 Å². The lowest BCUT2D eigenvalue weighted by atomic mass is 10.1. The van der Waals surface area contributed by atoms with Gasteiger partial charge in [-0.2, -0.15) is 5.10 Å². The van der Waals surface area contributed by atoms with E-state index in [4.69, 9.17) is 4.99 Å². The molecular formula is C22H33IN6. The molecule has 4 rings (SSSR count). The molecule has 1 aromatic heterocycles. The number of benzene rings is 1. The molecule has 0 spiro atoms. The van der Waals surface area contributed by atoms with E-state index in [0.29, 0.717) is 23.8 Å². The topological polar surface area (TPSA) is 67.1 Å². The Morgan fingerprint density at radius 3 is 2.79 bits per heavy atom. The van der Waals surface area contributed by atoms with Crippen LogP contribution in [0.3, 0.4) is 0 Å². The van der Waals surface area contributed by atoms with Crippen molar-refractivity contribution >= 4 is 29.9 Å². The summed E-state index contributed by atoms with van der Waals surface area (Å²) in [5, 5.41) is 11.7. The first kappa shape index (κ1) is 22.1. The highest BCUT2D eigenvalue weighted by molar-refractivity contribution is 14.0. The summed E-state index contributed by atoms with van der Waals surface area (Å²) in [6.45, 7) is 9.02. The van der Waals surface area contributed by atoms with Crippen LogP contribution in [0.4, 0.5) is 0 Å². The van der Waals surface area contributed by atoms with Crippen molar-refractivity contribution in [2.45, 2.75) is 64.5 Å². The van der Waals surface area contributed by atoms with Gasteiger partial charge in [0.05, 0.1) is 6.54 Å². The van der Waals surface area contributed by atoms with Crippen molar-refractivity contribution in [3.8, 4) is 0 Å². The van der Waals surface area contributed by atoms with Gasteiger partial charge in [-0.3, -0.25) is 4.99 Å². The number of aliphatic imine (C=N–C) groups is 1. The van der Waals surface area contributed by atoms with Crippen LogP contribution in [0.15, 0.2) is 35.3 Å². The third-order valence-electron chi connectivity index (χ3n) is 5.71. The molecule has 1 aliphatic heterocycles. The van der Waals surface area contributed by atoms with Gasteiger partial charge < -0.3 is 10.6 Å². The molecule has 2 aromatic rings. The molecule has 2 N–H and O–H groups in total. The van der Waals surface area contributed by atoms with Crippen LogP contribution in [0.2, 0.25) is 0 Å². The van der Waals surface area contributed by atoms with Crippen LogP contribution in [-0.2, 0) is 13.0 Å². The Bertz CT molecular complexity index is 816. The number of nitrogens with one attached hydrogen (secondary N) is 2. The SMILES string of the molecule is CCNC(=NCC1CC1c1ccccc1)NC1CCc2nc(C(C)C)nn2C1.I. The molecule has 3 atom stereocenters. The van der Waals surface area contributed by atoms with Crippen molar-refractivity contribution in [2.24, 2.45) is 10.9 Å². The molecule has 0 radical (unpaired) electrons. The van der Waals surface area contributed by atoms with E-state index >= 15 is 0 Å². The van der Waals surface area contributed by atoms with Crippen molar-refractivity contribution < 1.29 is 0 Å². The fraction of sp³-hybridized carbons (Fsp3) is 0.591. The van der Waals surface area contributed by atoms with Gasteiger partial charge in [-0.05, 0) is 37.2 Å². The molecule has 0 amide bonds. The molecule has 29 heavy (non-hydrogen) atoms. The highest BCUT2D eigenvalue weighted by Crippen LogP contribution is 2.47. The van der Waals surface area contributed by atoms with Crippen LogP contribution in [0, 0.1) is 5.92 Å². The zero-order valence-corrected chi connectivity index (χ0v) is 20.0. The van der Waals surface area contributed by atoms with Gasteiger partial charge in [0.25, 0.3) is 0 Å². The van der Waals surface area contributed by atoms with Gasteiger partial charge in [-0.25, -0.2) is 9.67 Å². The Morgan fingerprint density at radius 1 is 1.28 bits per heavy atom. The van der Waals surface area contributed by atoms with Gasteiger partial charge in [0, 0.05) is 31.5 Å². The predicted molar refractivity (Wildman–Crippen MR) is 128 cm³/mol. The van der Waals surface area contributed by atoms with E-state index in [1.807, 2.05) is 0 Å². The Kier molecular flexibility index (Phi) is 7.54. The van der Waals surface area contributed by atoms with Gasteiger partial charge in [-0.1, -0.05) is 44.2 Å². The van der Waals surface area contributed by atoms with Gasteiger partial charge in [0.1, 0.15) is 5.82 Å². The average molecular weight is 508 g/mol. The molecule has 6 nitrogen and oxygen atoms in total. The highest BCUT2D eigenvalue weighted by atomic mass is 127. The van der Waals surface area contributed by atoms with E-state index in [2.05, 4.69) is 76.5 Å². The average Bonchev–Trinajstić information content (AvgIpc) is 3.35. The van der Waals surface area contributed by atoms with Crippen molar-refractivity contribution in [1.29, 1.82) is 0 Å². The summed E-state index contributed by atoms with van der Waals surface area (Å²) in [4.78, 5) is 9.57. The molecule has 1 saturated carbocycles. The quantitative estimate of drug-likeness (QED) is 0.355. The summed E-state index contributed by atoms with van der Waals surface area (Å²) >= 11 is 0. The van der Waals surface area contributed by atoms with Crippen LogP contribution in [0.1, 0.15) is 62.7 Å². The molecule has 7 heteroatoms. The number of halogens is 1. The zero-order valence-electron chi connectivity index (χ0n) is 17.6. The van der Waals surface area contributed by atoms with Gasteiger partial charge in [-0.15, -0.1) is 24.0 Å². The molecule has 0 saturated heterocycles. The molecule has 1 aliphatic carbocycles. The van der Waals surface area contributed by atoms with Crippen LogP contribution < -0.4 is 10.6 Å². The lowest BCUT2D eigenvalue weighted by molar-refractivity contribution is 0.391. The van der Waals surface area contributed by atoms with E-state index in [1.54, 1.807) is 0 Å². The first-order valence-electron chi connectivity index (χ1n) is 10.7. The van der Waals surface area contributed by atoms with Gasteiger partial charge >= 0.3 is 0 Å². The van der Waals surface area contributed by atoms with Gasteiger partial charge in [0.2, 0.25) is 0 Å². The smallest absolute Gasteiger partial charge is 0.191 e. The fourth-order valence-electron chi connectivity index (χ4n) is 3.97. The Morgan fingerprint density at radius 2 is 2.07 bits per heavy atom. The minimum atomic E-state index is 0. The second-order valence-corrected chi connectivity index (χ2v) is 8.34. The number of fused-ring (bicyclic) bond motifs is 1. The standard InChI is InChI=1S/C22H32N6.HI/c1-4-23-22(24-13-17-12-19(17)16-8-6-5-7-9-16)25-18-10-11-20-26-21(15(2)3)27-28(20)14-18;/h5-9,15,17-19H,4,10-14H2,1-3H3,(H2,23,24,25);1H. The van der Waals surface area contributed by atoms with E-state index in [1.165, 1.54) is 12.0 Å². The summed E-state index contributed by atoms with van der Waals surface area (Å²) in [5.41, 5.74) is 1.45. The molecule has 0 bridgehead atoms. The normalized spacial score (nSPS) is 23.3.